The maximum Gasteiger partial charge on any atom is 0.307 e. The van der Waals surface area contributed by atoms with Gasteiger partial charge < -0.3 is 50.5 Å². The normalized spacial score (nSPS) is 24.8. The second-order valence-electron chi connectivity index (χ2n) is 7.36. The third-order valence-electron chi connectivity index (χ3n) is 4.98. The van der Waals surface area contributed by atoms with E-state index >= 15 is 0 Å². The lowest BCUT2D eigenvalue weighted by atomic mass is 9.99. The first-order chi connectivity index (χ1) is 15.6. The van der Waals surface area contributed by atoms with Crippen LogP contribution < -0.4 is 10.1 Å². The van der Waals surface area contributed by atoms with Crippen LogP contribution in [-0.2, 0) is 16.0 Å². The number of nitrogens with one attached hydrogen (secondary N) is 1. The third-order valence-corrected chi connectivity index (χ3v) is 4.98. The van der Waals surface area contributed by atoms with Crippen LogP contribution in [0.1, 0.15) is 15.9 Å². The van der Waals surface area contributed by atoms with Crippen molar-refractivity contribution in [1.82, 2.24) is 0 Å². The summed E-state index contributed by atoms with van der Waals surface area (Å²) in [5, 5.41) is 70.3. The van der Waals surface area contributed by atoms with E-state index in [9.17, 15) is 40.2 Å². The summed E-state index contributed by atoms with van der Waals surface area (Å²) < 4.78 is 10.8. The minimum absolute atomic E-state index is 0.0855. The number of anilines is 1. The van der Waals surface area contributed by atoms with Crippen LogP contribution in [0.4, 0.5) is 5.69 Å². The summed E-state index contributed by atoms with van der Waals surface area (Å²) in [5.41, 5.74) is -0.0314. The molecule has 2 aromatic rings. The highest BCUT2D eigenvalue weighted by Gasteiger charge is 2.45. The number of phenolic OH excluding ortho intramolecular Hbond substituents is 2. The SMILES string of the molecule is O=C(O)Cc1cc(O)ccc1NC(=O)c1cc(O)ccc1O[C@@H]1O[C@H](CO)[C@@H](O)[C@H](O)[C@H]1O. The van der Waals surface area contributed by atoms with Gasteiger partial charge in [-0.2, -0.15) is 0 Å². The lowest BCUT2D eigenvalue weighted by Crippen LogP contribution is -2.60. The summed E-state index contributed by atoms with van der Waals surface area (Å²) >= 11 is 0. The fraction of sp³-hybridized carbons (Fsp3) is 0.333. The molecule has 12 heteroatoms. The van der Waals surface area contributed by atoms with Gasteiger partial charge in [-0.25, -0.2) is 0 Å². The van der Waals surface area contributed by atoms with Crippen LogP contribution in [0, 0.1) is 0 Å². The van der Waals surface area contributed by atoms with Crippen LogP contribution in [0.15, 0.2) is 36.4 Å². The number of aliphatic hydroxyl groups is 4. The van der Waals surface area contributed by atoms with Crippen molar-refractivity contribution in [2.24, 2.45) is 0 Å². The molecule has 1 amide bonds. The highest BCUT2D eigenvalue weighted by atomic mass is 16.7. The number of carboxylic acid groups (broad SMARTS) is 1. The molecule has 1 saturated heterocycles. The fourth-order valence-electron chi connectivity index (χ4n) is 3.29. The van der Waals surface area contributed by atoms with E-state index in [2.05, 4.69) is 5.32 Å². The van der Waals surface area contributed by atoms with E-state index in [-0.39, 0.29) is 34.1 Å². The Morgan fingerprint density at radius 2 is 1.64 bits per heavy atom. The Kier molecular flexibility index (Phi) is 7.36. The zero-order chi connectivity index (χ0) is 24.3. The number of aromatic hydroxyl groups is 2. The third kappa shape index (κ3) is 5.50. The van der Waals surface area contributed by atoms with Crippen molar-refractivity contribution in [2.75, 3.05) is 11.9 Å². The van der Waals surface area contributed by atoms with Crippen molar-refractivity contribution in [3.05, 3.63) is 47.5 Å². The number of phenols is 2. The zero-order valence-corrected chi connectivity index (χ0v) is 17.0. The lowest BCUT2D eigenvalue weighted by molar-refractivity contribution is -0.277. The van der Waals surface area contributed by atoms with Crippen LogP contribution in [-0.4, -0.2) is 84.9 Å². The molecule has 0 saturated carbocycles. The summed E-state index contributed by atoms with van der Waals surface area (Å²) in [5.74, 6) is -2.72. The van der Waals surface area contributed by atoms with E-state index in [1.54, 1.807) is 0 Å². The summed E-state index contributed by atoms with van der Waals surface area (Å²) in [4.78, 5) is 24.0. The number of carbonyl (C=O) groups excluding carboxylic acids is 1. The fourth-order valence-corrected chi connectivity index (χ4v) is 3.29. The molecule has 33 heavy (non-hydrogen) atoms. The molecule has 178 valence electrons. The smallest absolute Gasteiger partial charge is 0.307 e. The first-order valence-corrected chi connectivity index (χ1v) is 9.76. The van der Waals surface area contributed by atoms with E-state index in [4.69, 9.17) is 14.6 Å². The molecule has 0 aromatic heterocycles. The maximum atomic E-state index is 12.9. The Morgan fingerprint density at radius 3 is 2.30 bits per heavy atom. The van der Waals surface area contributed by atoms with Gasteiger partial charge in [0.1, 0.15) is 41.7 Å². The number of hydrogen-bond donors (Lipinski definition) is 8. The number of carbonyl (C=O) groups is 2. The van der Waals surface area contributed by atoms with Crippen molar-refractivity contribution >= 4 is 17.6 Å². The average Bonchev–Trinajstić information content (AvgIpc) is 2.76. The van der Waals surface area contributed by atoms with Crippen molar-refractivity contribution in [2.45, 2.75) is 37.1 Å². The maximum absolute atomic E-state index is 12.9. The molecule has 8 N–H and O–H groups in total. The van der Waals surface area contributed by atoms with Crippen molar-refractivity contribution in [3.8, 4) is 17.2 Å². The van der Waals surface area contributed by atoms with Gasteiger partial charge in [-0.1, -0.05) is 0 Å². The average molecular weight is 465 g/mol. The van der Waals surface area contributed by atoms with Gasteiger partial charge in [0.05, 0.1) is 18.6 Å². The predicted octanol–water partition coefficient (Wildman–Crippen LogP) is -0.844. The summed E-state index contributed by atoms with van der Waals surface area (Å²) in [6.07, 6.45) is -8.34. The van der Waals surface area contributed by atoms with Crippen LogP contribution >= 0.6 is 0 Å². The molecule has 2 aromatic carbocycles. The molecular weight excluding hydrogens is 442 g/mol. The van der Waals surface area contributed by atoms with E-state index in [1.165, 1.54) is 30.3 Å². The first-order valence-electron chi connectivity index (χ1n) is 9.76. The highest BCUT2D eigenvalue weighted by molar-refractivity contribution is 6.07. The Labute approximate surface area is 186 Å². The molecule has 12 nitrogen and oxygen atoms in total. The van der Waals surface area contributed by atoms with Crippen molar-refractivity contribution < 1.29 is 54.8 Å². The summed E-state index contributed by atoms with van der Waals surface area (Å²) in [6, 6.07) is 7.15. The van der Waals surface area contributed by atoms with Crippen LogP contribution in [0.25, 0.3) is 0 Å². The van der Waals surface area contributed by atoms with Gasteiger partial charge in [-0.15, -0.1) is 0 Å². The quantitative estimate of drug-likeness (QED) is 0.236. The van der Waals surface area contributed by atoms with Gasteiger partial charge in [-0.05, 0) is 42.0 Å². The summed E-state index contributed by atoms with van der Waals surface area (Å²) in [6.45, 7) is -0.680. The zero-order valence-electron chi connectivity index (χ0n) is 17.0. The number of benzene rings is 2. The van der Waals surface area contributed by atoms with Gasteiger partial charge in [0.25, 0.3) is 5.91 Å². The highest BCUT2D eigenvalue weighted by Crippen LogP contribution is 2.30. The monoisotopic (exact) mass is 465 g/mol. The number of hydrogen-bond acceptors (Lipinski definition) is 10. The lowest BCUT2D eigenvalue weighted by Gasteiger charge is -2.39. The molecular formula is C21H23NO11. The Bertz CT molecular complexity index is 1030. The molecule has 1 aliphatic rings. The number of amides is 1. The molecule has 5 atom stereocenters. The van der Waals surface area contributed by atoms with E-state index in [0.717, 1.165) is 6.07 Å². The predicted molar refractivity (Wildman–Crippen MR) is 110 cm³/mol. The molecule has 1 aliphatic heterocycles. The molecule has 0 radical (unpaired) electrons. The van der Waals surface area contributed by atoms with Crippen molar-refractivity contribution in [3.63, 3.8) is 0 Å². The Hall–Kier alpha value is -3.42. The van der Waals surface area contributed by atoms with Crippen LogP contribution in [0.5, 0.6) is 17.2 Å². The standard InChI is InChI=1S/C21H23NO11/c23-8-15-17(28)18(29)19(30)21(33-15)32-14-4-2-11(25)7-12(14)20(31)22-13-3-1-10(24)5-9(13)6-16(26)27/h1-5,7,15,17-19,21,23-25,28-30H,6,8H2,(H,22,31)(H,26,27)/t15-,17-,18+,19-,21-/m1/s1. The molecule has 0 aliphatic carbocycles. The number of rotatable bonds is 7. The first kappa shape index (κ1) is 24.2. The van der Waals surface area contributed by atoms with E-state index in [0.29, 0.717) is 0 Å². The van der Waals surface area contributed by atoms with Crippen molar-refractivity contribution in [1.29, 1.82) is 0 Å². The molecule has 0 bridgehead atoms. The second kappa shape index (κ2) is 10.0. The van der Waals surface area contributed by atoms with E-state index in [1.807, 2.05) is 0 Å². The second-order valence-corrected chi connectivity index (χ2v) is 7.36. The molecule has 1 heterocycles. The minimum Gasteiger partial charge on any atom is -0.508 e. The van der Waals surface area contributed by atoms with Gasteiger partial charge in [0.15, 0.2) is 0 Å². The number of ether oxygens (including phenoxy) is 2. The van der Waals surface area contributed by atoms with Gasteiger partial charge in [0, 0.05) is 5.69 Å². The molecule has 1 fully saturated rings. The van der Waals surface area contributed by atoms with Crippen LogP contribution in [0.3, 0.4) is 0 Å². The molecule has 3 rings (SSSR count). The molecule has 0 unspecified atom stereocenters. The number of aliphatic carboxylic acids is 1. The van der Waals surface area contributed by atoms with Gasteiger partial charge >= 0.3 is 5.97 Å². The van der Waals surface area contributed by atoms with Crippen LogP contribution in [0.2, 0.25) is 0 Å². The Balaban J connectivity index is 1.87. The minimum atomic E-state index is -1.73. The molecule has 0 spiro atoms. The largest absolute Gasteiger partial charge is 0.508 e. The topological polar surface area (TPSA) is 206 Å². The number of aliphatic hydroxyl groups excluding tert-OH is 4. The summed E-state index contributed by atoms with van der Waals surface area (Å²) in [7, 11) is 0. The van der Waals surface area contributed by atoms with Gasteiger partial charge in [-0.3, -0.25) is 9.59 Å². The van der Waals surface area contributed by atoms with Gasteiger partial charge in [0.2, 0.25) is 6.29 Å². The Morgan fingerprint density at radius 1 is 0.970 bits per heavy atom. The number of carboxylic acids is 1. The van der Waals surface area contributed by atoms with E-state index < -0.39 is 55.6 Å².